The van der Waals surface area contributed by atoms with Crippen molar-refractivity contribution in [1.29, 1.82) is 0 Å². The van der Waals surface area contributed by atoms with Crippen LogP contribution in [0.1, 0.15) is 20.8 Å². The maximum absolute atomic E-state index is 5.46. The second-order valence-electron chi connectivity index (χ2n) is 2.49. The van der Waals surface area contributed by atoms with E-state index in [2.05, 4.69) is 13.8 Å². The molecule has 0 radical (unpaired) electrons. The van der Waals surface area contributed by atoms with Crippen LogP contribution in [0.2, 0.25) is 0 Å². The molecular formula is C8H15N. The molecule has 0 aromatic heterocycles. The number of allylic oxidation sites excluding steroid dienone is 3. The molecule has 1 nitrogen and oxygen atoms in total. The molecule has 2 N–H and O–H groups in total. The predicted molar refractivity (Wildman–Crippen MR) is 42.2 cm³/mol. The van der Waals surface area contributed by atoms with Crippen LogP contribution in [-0.2, 0) is 0 Å². The van der Waals surface area contributed by atoms with Gasteiger partial charge in [0.05, 0.1) is 0 Å². The van der Waals surface area contributed by atoms with Gasteiger partial charge in [0.25, 0.3) is 0 Å². The Bertz CT molecular complexity index is 117. The molecule has 0 aliphatic carbocycles. The van der Waals surface area contributed by atoms with Crippen LogP contribution in [0.15, 0.2) is 23.8 Å². The Balaban J connectivity index is 3.60. The average Bonchev–Trinajstić information content (AvgIpc) is 1.63. The zero-order valence-corrected chi connectivity index (χ0v) is 6.39. The molecule has 0 aromatic carbocycles. The third-order valence-corrected chi connectivity index (χ3v) is 0.844. The lowest BCUT2D eigenvalue weighted by molar-refractivity contribution is 0.926. The average molecular weight is 125 g/mol. The van der Waals surface area contributed by atoms with Gasteiger partial charge in [-0.05, 0) is 20.8 Å². The van der Waals surface area contributed by atoms with Crippen LogP contribution in [0.25, 0.3) is 0 Å². The van der Waals surface area contributed by atoms with Crippen LogP contribution in [-0.4, -0.2) is 6.04 Å². The smallest absolute Gasteiger partial charge is 0.0197 e. The van der Waals surface area contributed by atoms with Crippen LogP contribution < -0.4 is 5.73 Å². The lowest BCUT2D eigenvalue weighted by Gasteiger charge is -1.90. The van der Waals surface area contributed by atoms with E-state index < -0.39 is 0 Å². The first kappa shape index (κ1) is 8.44. The third kappa shape index (κ3) is 7.44. The zero-order valence-electron chi connectivity index (χ0n) is 6.39. The summed E-state index contributed by atoms with van der Waals surface area (Å²) in [5, 5.41) is 0. The summed E-state index contributed by atoms with van der Waals surface area (Å²) in [6.45, 7) is 6.08. The van der Waals surface area contributed by atoms with Gasteiger partial charge in [0.15, 0.2) is 0 Å². The molecule has 0 fully saturated rings. The molecule has 0 aromatic rings. The number of hydrogen-bond acceptors (Lipinski definition) is 1. The van der Waals surface area contributed by atoms with Gasteiger partial charge in [-0.2, -0.15) is 0 Å². The SMILES string of the molecule is CC(C)=C/C=C\C(C)N. The van der Waals surface area contributed by atoms with Crippen LogP contribution in [0, 0.1) is 0 Å². The molecule has 1 atom stereocenters. The zero-order chi connectivity index (χ0) is 7.28. The van der Waals surface area contributed by atoms with Crippen molar-refractivity contribution >= 4 is 0 Å². The highest BCUT2D eigenvalue weighted by molar-refractivity contribution is 5.09. The number of hydrogen-bond donors (Lipinski definition) is 1. The Morgan fingerprint density at radius 3 is 2.33 bits per heavy atom. The fourth-order valence-electron chi connectivity index (χ4n) is 0.423. The van der Waals surface area contributed by atoms with Crippen LogP contribution in [0.4, 0.5) is 0 Å². The highest BCUT2D eigenvalue weighted by atomic mass is 14.6. The second kappa shape index (κ2) is 4.33. The van der Waals surface area contributed by atoms with E-state index in [1.807, 2.05) is 25.2 Å². The van der Waals surface area contributed by atoms with E-state index in [1.165, 1.54) is 5.57 Å². The summed E-state index contributed by atoms with van der Waals surface area (Å²) in [6, 6.07) is 0.167. The quantitative estimate of drug-likeness (QED) is 0.560. The molecule has 0 heterocycles. The summed E-state index contributed by atoms with van der Waals surface area (Å²) >= 11 is 0. The number of nitrogens with two attached hydrogens (primary N) is 1. The predicted octanol–water partition coefficient (Wildman–Crippen LogP) is 1.86. The molecule has 0 aliphatic heterocycles. The molecule has 0 rings (SSSR count). The van der Waals surface area contributed by atoms with E-state index in [4.69, 9.17) is 5.73 Å². The standard InChI is InChI=1S/C8H15N/c1-7(2)5-4-6-8(3)9/h4-6,8H,9H2,1-3H3/b6-4-. The van der Waals surface area contributed by atoms with E-state index >= 15 is 0 Å². The monoisotopic (exact) mass is 125 g/mol. The van der Waals surface area contributed by atoms with Crippen LogP contribution >= 0.6 is 0 Å². The Labute approximate surface area is 57.3 Å². The third-order valence-electron chi connectivity index (χ3n) is 0.844. The normalized spacial score (nSPS) is 13.8. The van der Waals surface area contributed by atoms with Gasteiger partial charge < -0.3 is 5.73 Å². The van der Waals surface area contributed by atoms with Crippen molar-refractivity contribution in [3.8, 4) is 0 Å². The maximum atomic E-state index is 5.46. The summed E-state index contributed by atoms with van der Waals surface area (Å²) in [5.41, 5.74) is 6.76. The Hall–Kier alpha value is -0.560. The molecule has 0 saturated carbocycles. The number of rotatable bonds is 2. The van der Waals surface area contributed by atoms with E-state index in [9.17, 15) is 0 Å². The molecule has 52 valence electrons. The summed E-state index contributed by atoms with van der Waals surface area (Å²) in [4.78, 5) is 0. The molecule has 0 saturated heterocycles. The highest BCUT2D eigenvalue weighted by Crippen LogP contribution is 1.89. The van der Waals surface area contributed by atoms with Crippen molar-refractivity contribution in [2.45, 2.75) is 26.8 Å². The van der Waals surface area contributed by atoms with Crippen LogP contribution in [0.5, 0.6) is 0 Å². The first-order chi connectivity index (χ1) is 4.13. The fraction of sp³-hybridized carbons (Fsp3) is 0.500. The summed E-state index contributed by atoms with van der Waals surface area (Å²) in [7, 11) is 0. The first-order valence-electron chi connectivity index (χ1n) is 3.20. The van der Waals surface area contributed by atoms with Gasteiger partial charge >= 0.3 is 0 Å². The summed E-state index contributed by atoms with van der Waals surface area (Å²) in [5.74, 6) is 0. The van der Waals surface area contributed by atoms with Gasteiger partial charge in [0, 0.05) is 6.04 Å². The minimum Gasteiger partial charge on any atom is -0.325 e. The van der Waals surface area contributed by atoms with E-state index in [0.29, 0.717) is 0 Å². The topological polar surface area (TPSA) is 26.0 Å². The Morgan fingerprint density at radius 1 is 1.44 bits per heavy atom. The van der Waals surface area contributed by atoms with Gasteiger partial charge in [0.1, 0.15) is 0 Å². The minimum atomic E-state index is 0.167. The summed E-state index contributed by atoms with van der Waals surface area (Å²) < 4.78 is 0. The first-order valence-corrected chi connectivity index (χ1v) is 3.20. The van der Waals surface area contributed by atoms with Gasteiger partial charge in [-0.25, -0.2) is 0 Å². The second-order valence-corrected chi connectivity index (χ2v) is 2.49. The highest BCUT2D eigenvalue weighted by Gasteiger charge is 1.79. The largest absolute Gasteiger partial charge is 0.325 e. The van der Waals surface area contributed by atoms with E-state index in [0.717, 1.165) is 0 Å². The molecule has 0 spiro atoms. The fourth-order valence-corrected chi connectivity index (χ4v) is 0.423. The van der Waals surface area contributed by atoms with Crippen LogP contribution in [0.3, 0.4) is 0 Å². The molecule has 1 heteroatoms. The molecule has 0 amide bonds. The molecule has 1 unspecified atom stereocenters. The van der Waals surface area contributed by atoms with Gasteiger partial charge in [-0.1, -0.05) is 23.8 Å². The Kier molecular flexibility index (Phi) is 4.06. The summed E-state index contributed by atoms with van der Waals surface area (Å²) in [6.07, 6.45) is 6.00. The van der Waals surface area contributed by atoms with Crippen molar-refractivity contribution in [3.63, 3.8) is 0 Å². The maximum Gasteiger partial charge on any atom is 0.0197 e. The minimum absolute atomic E-state index is 0.167. The van der Waals surface area contributed by atoms with Crippen molar-refractivity contribution in [3.05, 3.63) is 23.8 Å². The van der Waals surface area contributed by atoms with Gasteiger partial charge in [-0.15, -0.1) is 0 Å². The Morgan fingerprint density at radius 2 is 2.00 bits per heavy atom. The lowest BCUT2D eigenvalue weighted by Crippen LogP contribution is -2.09. The molecule has 0 bridgehead atoms. The van der Waals surface area contributed by atoms with E-state index in [-0.39, 0.29) is 6.04 Å². The molecular weight excluding hydrogens is 110 g/mol. The molecule has 9 heavy (non-hydrogen) atoms. The molecule has 0 aliphatic rings. The van der Waals surface area contributed by atoms with Crippen molar-refractivity contribution in [2.75, 3.05) is 0 Å². The van der Waals surface area contributed by atoms with Crippen molar-refractivity contribution < 1.29 is 0 Å². The van der Waals surface area contributed by atoms with Gasteiger partial charge in [-0.3, -0.25) is 0 Å². The van der Waals surface area contributed by atoms with Crippen molar-refractivity contribution in [2.24, 2.45) is 5.73 Å². The van der Waals surface area contributed by atoms with Crippen molar-refractivity contribution in [1.82, 2.24) is 0 Å². The van der Waals surface area contributed by atoms with E-state index in [1.54, 1.807) is 0 Å². The van der Waals surface area contributed by atoms with Gasteiger partial charge in [0.2, 0.25) is 0 Å². The lowest BCUT2D eigenvalue weighted by atomic mass is 10.2.